The number of halogens is 8. The minimum Gasteiger partial charge on any atom is -0.343 e. The van der Waals surface area contributed by atoms with Crippen molar-refractivity contribution >= 4 is 49.6 Å². The summed E-state index contributed by atoms with van der Waals surface area (Å²) in [6.07, 6.45) is -1.96. The van der Waals surface area contributed by atoms with Crippen LogP contribution in [0.3, 0.4) is 0 Å². The second-order valence-electron chi connectivity index (χ2n) is 8.95. The number of nitrogens with zero attached hydrogens (tertiary/aromatic N) is 4. The molecule has 5 rings (SSSR count). The van der Waals surface area contributed by atoms with Crippen molar-refractivity contribution in [2.24, 2.45) is 0 Å². The Morgan fingerprint density at radius 1 is 0.773 bits per heavy atom. The molecular formula is C28H18BrF7N6O2. The van der Waals surface area contributed by atoms with E-state index in [1.165, 1.54) is 49.1 Å². The van der Waals surface area contributed by atoms with Gasteiger partial charge in [0.2, 0.25) is 0 Å². The number of benzene rings is 1. The van der Waals surface area contributed by atoms with Gasteiger partial charge in [-0.2, -0.15) is 26.3 Å². The van der Waals surface area contributed by atoms with Crippen LogP contribution >= 0.6 is 15.9 Å². The molecule has 2 N–H and O–H groups in total. The Hall–Kier alpha value is -4.73. The van der Waals surface area contributed by atoms with Crippen molar-refractivity contribution in [3.8, 4) is 11.1 Å². The molecule has 228 valence electrons. The third-order valence-electron chi connectivity index (χ3n) is 5.75. The first-order valence-electron chi connectivity index (χ1n) is 12.3. The van der Waals surface area contributed by atoms with Gasteiger partial charge in [-0.25, -0.2) is 9.37 Å². The molecule has 0 aliphatic heterocycles. The maximum Gasteiger partial charge on any atom is 0.405 e. The van der Waals surface area contributed by atoms with Crippen LogP contribution < -0.4 is 10.6 Å². The maximum atomic E-state index is 14.1. The molecule has 0 saturated heterocycles. The summed E-state index contributed by atoms with van der Waals surface area (Å²) >= 11 is 3.06. The Balaban J connectivity index is 0.000000209. The molecule has 0 spiro atoms. The molecule has 44 heavy (non-hydrogen) atoms. The lowest BCUT2D eigenvalue weighted by Gasteiger charge is -2.10. The smallest absolute Gasteiger partial charge is 0.343 e. The highest BCUT2D eigenvalue weighted by atomic mass is 79.9. The summed E-state index contributed by atoms with van der Waals surface area (Å²) in [6, 6.07) is 10.5. The molecule has 5 aromatic rings. The van der Waals surface area contributed by atoms with E-state index in [0.29, 0.717) is 27.4 Å². The summed E-state index contributed by atoms with van der Waals surface area (Å²) in [5.74, 6) is -2.23. The molecule has 0 aliphatic carbocycles. The molecule has 1 aromatic carbocycles. The van der Waals surface area contributed by atoms with E-state index in [1.807, 2.05) is 0 Å². The number of hydrogen-bond donors (Lipinski definition) is 2. The Labute approximate surface area is 251 Å². The van der Waals surface area contributed by atoms with Crippen LogP contribution in [-0.4, -0.2) is 57.2 Å². The van der Waals surface area contributed by atoms with Crippen LogP contribution in [0.25, 0.3) is 32.9 Å². The zero-order valence-electron chi connectivity index (χ0n) is 22.0. The molecule has 4 aromatic heterocycles. The Kier molecular flexibility index (Phi) is 9.71. The van der Waals surface area contributed by atoms with Crippen LogP contribution in [0.15, 0.2) is 78.1 Å². The number of pyridine rings is 4. The zero-order chi connectivity index (χ0) is 32.1. The minimum atomic E-state index is -4.51. The topological polar surface area (TPSA) is 110 Å². The van der Waals surface area contributed by atoms with E-state index in [4.69, 9.17) is 0 Å². The van der Waals surface area contributed by atoms with Crippen molar-refractivity contribution in [1.29, 1.82) is 0 Å². The number of alkyl halides is 6. The molecular weight excluding hydrogens is 665 g/mol. The first-order chi connectivity index (χ1) is 20.7. The first-order valence-corrected chi connectivity index (χ1v) is 13.1. The average Bonchev–Trinajstić information content (AvgIpc) is 2.97. The minimum absolute atomic E-state index is 0.0444. The van der Waals surface area contributed by atoms with Gasteiger partial charge in [0.05, 0.1) is 34.6 Å². The number of amides is 2. The molecule has 2 amide bonds. The lowest BCUT2D eigenvalue weighted by atomic mass is 10.0. The Morgan fingerprint density at radius 3 is 2.11 bits per heavy atom. The van der Waals surface area contributed by atoms with Gasteiger partial charge in [-0.05, 0) is 40.2 Å². The van der Waals surface area contributed by atoms with Gasteiger partial charge in [0.25, 0.3) is 11.8 Å². The van der Waals surface area contributed by atoms with Crippen molar-refractivity contribution in [3.05, 3.63) is 95.0 Å². The van der Waals surface area contributed by atoms with Gasteiger partial charge >= 0.3 is 12.4 Å². The number of fused-ring (bicyclic) bond motifs is 2. The summed E-state index contributed by atoms with van der Waals surface area (Å²) in [7, 11) is 0. The van der Waals surface area contributed by atoms with E-state index < -0.39 is 43.1 Å². The standard InChI is InChI=1S/C17H11F4N3O.C11H7BrF3N3O/c18-14-4-2-1-3-11(14)13-7-22-8-15-12(13)5-10(6-23-15)16(25)24-9-17(19,20)21;12-9-7(10(19)17-5-11(13,14)15)3-6-1-2-16-4-8(6)18-9/h1-8H,9H2,(H,24,25);1-4H,5H2,(H,17,19). The van der Waals surface area contributed by atoms with Gasteiger partial charge in [0.15, 0.2) is 0 Å². The van der Waals surface area contributed by atoms with Crippen molar-refractivity contribution in [2.45, 2.75) is 12.4 Å². The number of aromatic nitrogens is 4. The number of carbonyl (C=O) groups excluding carboxylic acids is 2. The molecule has 0 saturated carbocycles. The average molecular weight is 683 g/mol. The lowest BCUT2D eigenvalue weighted by molar-refractivity contribution is -0.123. The maximum absolute atomic E-state index is 14.1. The monoisotopic (exact) mass is 682 g/mol. The van der Waals surface area contributed by atoms with Crippen LogP contribution in [0, 0.1) is 5.82 Å². The highest BCUT2D eigenvalue weighted by Gasteiger charge is 2.29. The van der Waals surface area contributed by atoms with E-state index >= 15 is 0 Å². The predicted octanol–water partition coefficient (Wildman–Crippen LogP) is 6.41. The van der Waals surface area contributed by atoms with Crippen molar-refractivity contribution in [1.82, 2.24) is 30.6 Å². The molecule has 0 bridgehead atoms. The Bertz CT molecular complexity index is 1830. The largest absolute Gasteiger partial charge is 0.405 e. The van der Waals surface area contributed by atoms with E-state index in [1.54, 1.807) is 28.8 Å². The van der Waals surface area contributed by atoms with E-state index in [9.17, 15) is 40.3 Å². The van der Waals surface area contributed by atoms with Crippen LogP contribution in [0.5, 0.6) is 0 Å². The summed E-state index contributed by atoms with van der Waals surface area (Å²) < 4.78 is 87.0. The highest BCUT2D eigenvalue weighted by molar-refractivity contribution is 9.10. The fraction of sp³-hybridized carbons (Fsp3) is 0.143. The van der Waals surface area contributed by atoms with Crippen LogP contribution in [0.1, 0.15) is 20.7 Å². The molecule has 0 unspecified atom stereocenters. The third-order valence-corrected chi connectivity index (χ3v) is 6.36. The van der Waals surface area contributed by atoms with Gasteiger partial charge in [-0.1, -0.05) is 18.2 Å². The zero-order valence-corrected chi connectivity index (χ0v) is 23.6. The van der Waals surface area contributed by atoms with Gasteiger partial charge < -0.3 is 10.6 Å². The van der Waals surface area contributed by atoms with E-state index in [-0.39, 0.29) is 21.3 Å². The number of rotatable bonds is 5. The molecule has 0 radical (unpaired) electrons. The summed E-state index contributed by atoms with van der Waals surface area (Å²) in [5, 5.41) is 4.61. The van der Waals surface area contributed by atoms with Gasteiger partial charge in [-0.3, -0.25) is 24.5 Å². The van der Waals surface area contributed by atoms with Gasteiger partial charge in [0.1, 0.15) is 23.5 Å². The van der Waals surface area contributed by atoms with Crippen LogP contribution in [-0.2, 0) is 0 Å². The van der Waals surface area contributed by atoms with Gasteiger partial charge in [-0.15, -0.1) is 0 Å². The summed E-state index contributed by atoms with van der Waals surface area (Å²) in [5.41, 5.74) is 1.59. The normalized spacial score (nSPS) is 11.5. The number of nitrogens with one attached hydrogen (secondary N) is 2. The third kappa shape index (κ3) is 8.43. The molecule has 16 heteroatoms. The number of carbonyl (C=O) groups is 2. The second kappa shape index (κ2) is 13.3. The van der Waals surface area contributed by atoms with Crippen molar-refractivity contribution in [3.63, 3.8) is 0 Å². The summed E-state index contributed by atoms with van der Waals surface area (Å²) in [4.78, 5) is 39.5. The Morgan fingerprint density at radius 2 is 1.43 bits per heavy atom. The predicted molar refractivity (Wildman–Crippen MR) is 149 cm³/mol. The van der Waals surface area contributed by atoms with Crippen molar-refractivity contribution < 1.29 is 40.3 Å². The fourth-order valence-corrected chi connectivity index (χ4v) is 4.26. The number of hydrogen-bond acceptors (Lipinski definition) is 6. The van der Waals surface area contributed by atoms with E-state index in [2.05, 4.69) is 35.9 Å². The van der Waals surface area contributed by atoms with E-state index in [0.717, 1.165) is 6.20 Å². The van der Waals surface area contributed by atoms with Crippen molar-refractivity contribution in [2.75, 3.05) is 13.1 Å². The lowest BCUT2D eigenvalue weighted by Crippen LogP contribution is -2.34. The van der Waals surface area contributed by atoms with Crippen LogP contribution in [0.4, 0.5) is 30.7 Å². The molecule has 4 heterocycles. The fourth-order valence-electron chi connectivity index (χ4n) is 3.78. The molecule has 8 nitrogen and oxygen atoms in total. The highest BCUT2D eigenvalue weighted by Crippen LogP contribution is 2.29. The first kappa shape index (κ1) is 32.2. The summed E-state index contributed by atoms with van der Waals surface area (Å²) in [6.45, 7) is -2.83. The SMILES string of the molecule is O=C(NCC(F)(F)F)c1cc2ccncc2nc1Br.O=C(NCC(F)(F)F)c1cnc2cncc(-c3ccccc3F)c2c1. The molecule has 0 aliphatic rings. The molecule has 0 fully saturated rings. The second-order valence-corrected chi connectivity index (χ2v) is 9.70. The van der Waals surface area contributed by atoms with Gasteiger partial charge in [0, 0.05) is 40.5 Å². The molecule has 0 atom stereocenters. The quantitative estimate of drug-likeness (QED) is 0.164. The van der Waals surface area contributed by atoms with Crippen LogP contribution in [0.2, 0.25) is 0 Å².